The molecule has 1 fully saturated rings. The van der Waals surface area contributed by atoms with Crippen molar-refractivity contribution in [2.24, 2.45) is 0 Å². The molecule has 9 heteroatoms. The van der Waals surface area contributed by atoms with Gasteiger partial charge in [-0.15, -0.1) is 0 Å². The van der Waals surface area contributed by atoms with Crippen molar-refractivity contribution < 1.29 is 41.3 Å². The molecule has 2 N–H and O–H groups in total. The largest absolute Gasteiger partial charge is 0.416 e. The van der Waals surface area contributed by atoms with Crippen LogP contribution in [0.2, 0.25) is 0 Å². The van der Waals surface area contributed by atoms with Crippen LogP contribution < -0.4 is 0 Å². The van der Waals surface area contributed by atoms with Crippen LogP contribution in [0.1, 0.15) is 54.0 Å². The van der Waals surface area contributed by atoms with Crippen LogP contribution in [0.3, 0.4) is 0 Å². The summed E-state index contributed by atoms with van der Waals surface area (Å²) in [5.74, 6) is 0. The first-order valence-electron chi connectivity index (χ1n) is 10.2. The first-order valence-corrected chi connectivity index (χ1v) is 10.2. The average Bonchev–Trinajstić information content (AvgIpc) is 2.75. The van der Waals surface area contributed by atoms with E-state index in [9.17, 15) is 36.6 Å². The van der Waals surface area contributed by atoms with Crippen molar-refractivity contribution >= 4 is 0 Å². The molecule has 0 radical (unpaired) electrons. The first kappa shape index (κ1) is 24.5. The van der Waals surface area contributed by atoms with Gasteiger partial charge in [-0.3, -0.25) is 0 Å². The Balaban J connectivity index is 1.91. The summed E-state index contributed by atoms with van der Waals surface area (Å²) >= 11 is 0. The molecule has 0 aliphatic heterocycles. The van der Waals surface area contributed by atoms with Gasteiger partial charge in [-0.25, -0.2) is 0 Å². The minimum absolute atomic E-state index is 0.0213. The molecule has 2 aromatic rings. The predicted octanol–water partition coefficient (Wildman–Crippen LogP) is 5.65. The van der Waals surface area contributed by atoms with E-state index in [0.29, 0.717) is 37.8 Å². The lowest BCUT2D eigenvalue weighted by Gasteiger charge is -2.40. The maximum Gasteiger partial charge on any atom is 0.416 e. The van der Waals surface area contributed by atoms with Gasteiger partial charge in [0.25, 0.3) is 0 Å². The van der Waals surface area contributed by atoms with E-state index in [1.165, 1.54) is 0 Å². The number of rotatable bonds is 6. The first-order chi connectivity index (χ1) is 14.9. The maximum absolute atomic E-state index is 13.2. The predicted molar refractivity (Wildman–Crippen MR) is 105 cm³/mol. The third kappa shape index (κ3) is 5.63. The van der Waals surface area contributed by atoms with Crippen molar-refractivity contribution in [3.63, 3.8) is 0 Å². The zero-order valence-corrected chi connectivity index (χ0v) is 17.1. The molecule has 1 aliphatic rings. The van der Waals surface area contributed by atoms with E-state index in [-0.39, 0.29) is 12.7 Å². The molecule has 0 bridgehead atoms. The molecule has 0 spiro atoms. The van der Waals surface area contributed by atoms with E-state index in [4.69, 9.17) is 4.74 Å². The Hall–Kier alpha value is -2.10. The van der Waals surface area contributed by atoms with Crippen molar-refractivity contribution in [2.75, 3.05) is 13.2 Å². The number of alkyl halides is 6. The van der Waals surface area contributed by atoms with Crippen molar-refractivity contribution in [3.8, 4) is 0 Å². The van der Waals surface area contributed by atoms with Crippen LogP contribution in [0.5, 0.6) is 0 Å². The Morgan fingerprint density at radius 3 is 1.91 bits per heavy atom. The molecule has 1 saturated carbocycles. The Morgan fingerprint density at radius 1 is 0.906 bits per heavy atom. The second-order valence-electron chi connectivity index (χ2n) is 8.20. The van der Waals surface area contributed by atoms with Crippen molar-refractivity contribution in [3.05, 3.63) is 70.8 Å². The van der Waals surface area contributed by atoms with Crippen LogP contribution >= 0.6 is 0 Å². The van der Waals surface area contributed by atoms with Crippen LogP contribution in [0, 0.1) is 0 Å². The third-order valence-corrected chi connectivity index (χ3v) is 6.01. The van der Waals surface area contributed by atoms with E-state index >= 15 is 0 Å². The summed E-state index contributed by atoms with van der Waals surface area (Å²) in [5, 5.41) is 19.7. The molecule has 0 saturated heterocycles. The van der Waals surface area contributed by atoms with Gasteiger partial charge in [0.1, 0.15) is 6.10 Å². The van der Waals surface area contributed by atoms with Gasteiger partial charge in [0.15, 0.2) is 0 Å². The van der Waals surface area contributed by atoms with Gasteiger partial charge < -0.3 is 14.9 Å². The fourth-order valence-corrected chi connectivity index (χ4v) is 4.14. The van der Waals surface area contributed by atoms with Crippen LogP contribution in [-0.4, -0.2) is 29.5 Å². The Kier molecular flexibility index (Phi) is 7.21. The summed E-state index contributed by atoms with van der Waals surface area (Å²) in [6, 6.07) is 10.4. The number of aliphatic hydroxyl groups excluding tert-OH is 2. The summed E-state index contributed by atoms with van der Waals surface area (Å²) < 4.78 is 85.0. The molecule has 1 atom stereocenters. The Labute approximate surface area is 181 Å². The van der Waals surface area contributed by atoms with Gasteiger partial charge in [-0.05, 0) is 55.0 Å². The average molecular weight is 462 g/mol. The molecule has 3 rings (SSSR count). The summed E-state index contributed by atoms with van der Waals surface area (Å²) in [7, 11) is 0. The number of benzene rings is 2. The van der Waals surface area contributed by atoms with Crippen LogP contribution in [-0.2, 0) is 22.5 Å². The number of hydrogen-bond acceptors (Lipinski definition) is 3. The highest BCUT2D eigenvalue weighted by Crippen LogP contribution is 2.42. The van der Waals surface area contributed by atoms with E-state index < -0.39 is 53.3 Å². The molecule has 176 valence electrons. The van der Waals surface area contributed by atoms with Gasteiger partial charge >= 0.3 is 12.4 Å². The lowest BCUT2D eigenvalue weighted by molar-refractivity contribution is -0.143. The fourth-order valence-electron chi connectivity index (χ4n) is 4.14. The van der Waals surface area contributed by atoms with E-state index in [2.05, 4.69) is 0 Å². The molecule has 3 nitrogen and oxygen atoms in total. The molecule has 32 heavy (non-hydrogen) atoms. The molecule has 1 aliphatic carbocycles. The lowest BCUT2D eigenvalue weighted by Crippen LogP contribution is -2.38. The van der Waals surface area contributed by atoms with Gasteiger partial charge in [0.05, 0.1) is 30.4 Å². The zero-order valence-electron chi connectivity index (χ0n) is 17.1. The second-order valence-corrected chi connectivity index (χ2v) is 8.20. The highest BCUT2D eigenvalue weighted by atomic mass is 19.4. The summed E-state index contributed by atoms with van der Waals surface area (Å²) in [4.78, 5) is 0. The number of ether oxygens (including phenoxy) is 1. The molecular formula is C23H24F6O3. The van der Waals surface area contributed by atoms with E-state index in [0.717, 1.165) is 5.56 Å². The van der Waals surface area contributed by atoms with Crippen molar-refractivity contribution in [2.45, 2.75) is 55.7 Å². The lowest BCUT2D eigenvalue weighted by atomic mass is 9.69. The van der Waals surface area contributed by atoms with Crippen molar-refractivity contribution in [1.29, 1.82) is 0 Å². The molecule has 0 heterocycles. The number of halogens is 6. The topological polar surface area (TPSA) is 49.7 Å². The minimum atomic E-state index is -4.99. The van der Waals surface area contributed by atoms with Gasteiger partial charge in [0.2, 0.25) is 0 Å². The summed E-state index contributed by atoms with van der Waals surface area (Å²) in [6.45, 7) is -0.807. The van der Waals surface area contributed by atoms with Crippen LogP contribution in [0.4, 0.5) is 26.3 Å². The highest BCUT2D eigenvalue weighted by Gasteiger charge is 2.39. The van der Waals surface area contributed by atoms with Gasteiger partial charge in [-0.1, -0.05) is 30.3 Å². The summed E-state index contributed by atoms with van der Waals surface area (Å²) in [5.41, 5.74) is -2.97. The molecule has 0 unspecified atom stereocenters. The number of hydrogen-bond donors (Lipinski definition) is 2. The van der Waals surface area contributed by atoms with Crippen LogP contribution in [0.15, 0.2) is 48.5 Å². The maximum atomic E-state index is 13.2. The Bertz CT molecular complexity index is 855. The Morgan fingerprint density at radius 2 is 1.44 bits per heavy atom. The monoisotopic (exact) mass is 462 g/mol. The molecule has 0 aromatic heterocycles. The number of aliphatic hydroxyl groups is 2. The quantitative estimate of drug-likeness (QED) is 0.546. The summed E-state index contributed by atoms with van der Waals surface area (Å²) in [6.07, 6.45) is -9.77. The van der Waals surface area contributed by atoms with E-state index in [1.54, 1.807) is 0 Å². The normalized spacial score (nSPS) is 23.2. The van der Waals surface area contributed by atoms with E-state index in [1.807, 2.05) is 30.3 Å². The molecule has 2 aromatic carbocycles. The third-order valence-electron chi connectivity index (χ3n) is 6.01. The SMILES string of the molecule is OC[C@@H](OCC1(c2ccccc2)CCC(O)CC1)c1cc(C(F)(F)F)cc(C(F)(F)F)c1. The molecular weight excluding hydrogens is 438 g/mol. The van der Waals surface area contributed by atoms with Crippen LogP contribution in [0.25, 0.3) is 0 Å². The van der Waals surface area contributed by atoms with Crippen molar-refractivity contribution in [1.82, 2.24) is 0 Å². The molecule has 0 amide bonds. The zero-order chi connectivity index (χ0) is 23.6. The van der Waals surface area contributed by atoms with Gasteiger partial charge in [0, 0.05) is 5.41 Å². The highest BCUT2D eigenvalue weighted by molar-refractivity contribution is 5.35. The minimum Gasteiger partial charge on any atom is -0.393 e. The smallest absolute Gasteiger partial charge is 0.393 e. The standard InChI is InChI=1S/C23H24F6O3/c24-22(25,26)17-10-15(11-18(12-17)23(27,28)29)20(13-30)32-14-21(8-6-19(31)7-9-21)16-4-2-1-3-5-16/h1-5,10-12,19-20,30-31H,6-9,13-14H2/t19?,20-,21?/m1/s1. The fraction of sp³-hybridized carbons (Fsp3) is 0.478. The van der Waals surface area contributed by atoms with Gasteiger partial charge in [-0.2, -0.15) is 26.3 Å². The second kappa shape index (κ2) is 9.41.